The minimum absolute atomic E-state index is 0.307. The highest BCUT2D eigenvalue weighted by atomic mass is 79.9. The second-order valence-electron chi connectivity index (χ2n) is 3.51. The first-order valence-corrected chi connectivity index (χ1v) is 5.14. The van der Waals surface area contributed by atoms with E-state index in [1.54, 1.807) is 6.92 Å². The lowest BCUT2D eigenvalue weighted by Gasteiger charge is -2.20. The summed E-state index contributed by atoms with van der Waals surface area (Å²) in [6.45, 7) is 1.68. The number of benzene rings is 1. The lowest BCUT2D eigenvalue weighted by atomic mass is 9.92. The van der Waals surface area contributed by atoms with Crippen molar-refractivity contribution in [2.75, 3.05) is 0 Å². The molecule has 3 amide bonds. The molecule has 0 radical (unpaired) electrons. The van der Waals surface area contributed by atoms with E-state index in [0.29, 0.717) is 0 Å². The van der Waals surface area contributed by atoms with Crippen molar-refractivity contribution in [3.63, 3.8) is 0 Å². The summed E-state index contributed by atoms with van der Waals surface area (Å²) in [7, 11) is 0. The molecule has 1 aliphatic rings. The normalized spacial score (nSPS) is 25.6. The predicted molar refractivity (Wildman–Crippen MR) is 58.1 cm³/mol. The smallest absolute Gasteiger partial charge is 0.319 e. The van der Waals surface area contributed by atoms with Gasteiger partial charge in [0.05, 0.1) is 16.1 Å². The summed E-state index contributed by atoms with van der Waals surface area (Å²) in [6, 6.07) is 8.70. The number of urea groups is 1. The molecule has 5 heteroatoms. The van der Waals surface area contributed by atoms with Crippen LogP contribution in [0.2, 0.25) is 0 Å². The van der Waals surface area contributed by atoms with Crippen LogP contribution in [0.5, 0.6) is 0 Å². The molecule has 1 saturated heterocycles. The fourth-order valence-electron chi connectivity index (χ4n) is 1.57. The minimum atomic E-state index is -0.970. The minimum Gasteiger partial charge on any atom is -0.319 e. The summed E-state index contributed by atoms with van der Waals surface area (Å²) in [6.07, 6.45) is 0. The van der Waals surface area contributed by atoms with E-state index < -0.39 is 11.6 Å². The Morgan fingerprint density at radius 1 is 1.27 bits per heavy atom. The molecule has 1 atom stereocenters. The third kappa shape index (κ3) is 1.43. The van der Waals surface area contributed by atoms with Crippen LogP contribution in [0.4, 0.5) is 4.79 Å². The molecule has 0 aromatic heterocycles. The van der Waals surface area contributed by atoms with Crippen molar-refractivity contribution in [1.29, 1.82) is 0 Å². The van der Waals surface area contributed by atoms with Crippen LogP contribution >= 0.6 is 16.1 Å². The van der Waals surface area contributed by atoms with Crippen molar-refractivity contribution < 1.29 is 9.59 Å². The molecule has 15 heavy (non-hydrogen) atoms. The summed E-state index contributed by atoms with van der Waals surface area (Å²) in [5, 5.41) is 2.64. The van der Waals surface area contributed by atoms with Gasteiger partial charge in [-0.25, -0.2) is 4.79 Å². The topological polar surface area (TPSA) is 49.4 Å². The van der Waals surface area contributed by atoms with Crippen LogP contribution in [0.3, 0.4) is 0 Å². The number of hydrogen-bond acceptors (Lipinski definition) is 2. The van der Waals surface area contributed by atoms with Crippen molar-refractivity contribution in [1.82, 2.24) is 9.24 Å². The highest BCUT2D eigenvalue weighted by Crippen LogP contribution is 2.29. The Morgan fingerprint density at radius 2 is 1.87 bits per heavy atom. The van der Waals surface area contributed by atoms with Crippen LogP contribution in [0.1, 0.15) is 12.5 Å². The van der Waals surface area contributed by atoms with E-state index in [0.717, 1.165) is 9.49 Å². The van der Waals surface area contributed by atoms with Gasteiger partial charge in [0.25, 0.3) is 5.91 Å². The van der Waals surface area contributed by atoms with Gasteiger partial charge in [-0.3, -0.25) is 4.79 Å². The fraction of sp³-hybridized carbons (Fsp3) is 0.200. The first kappa shape index (κ1) is 10.2. The van der Waals surface area contributed by atoms with Crippen molar-refractivity contribution in [2.45, 2.75) is 12.5 Å². The summed E-state index contributed by atoms with van der Waals surface area (Å²) in [5.41, 5.74) is -0.202. The summed E-state index contributed by atoms with van der Waals surface area (Å²) < 4.78 is 0.917. The third-order valence-corrected chi connectivity index (χ3v) is 3.14. The lowest BCUT2D eigenvalue weighted by molar-refractivity contribution is -0.127. The molecule has 0 aliphatic carbocycles. The van der Waals surface area contributed by atoms with Crippen molar-refractivity contribution in [3.05, 3.63) is 35.9 Å². The second-order valence-corrected chi connectivity index (χ2v) is 4.22. The number of halogens is 1. The Hall–Kier alpha value is -1.36. The van der Waals surface area contributed by atoms with Gasteiger partial charge in [0.1, 0.15) is 5.54 Å². The van der Waals surface area contributed by atoms with Crippen LogP contribution < -0.4 is 5.32 Å². The molecule has 0 unspecified atom stereocenters. The van der Waals surface area contributed by atoms with E-state index in [2.05, 4.69) is 21.5 Å². The van der Waals surface area contributed by atoms with Gasteiger partial charge in [0.2, 0.25) is 0 Å². The van der Waals surface area contributed by atoms with E-state index in [9.17, 15) is 9.59 Å². The van der Waals surface area contributed by atoms with Gasteiger partial charge in [0, 0.05) is 0 Å². The number of rotatable bonds is 1. The molecule has 1 N–H and O–H groups in total. The van der Waals surface area contributed by atoms with Gasteiger partial charge in [-0.2, -0.15) is 3.93 Å². The van der Waals surface area contributed by atoms with Gasteiger partial charge in [-0.05, 0) is 12.5 Å². The molecule has 1 aromatic carbocycles. The van der Waals surface area contributed by atoms with Crippen LogP contribution in [-0.2, 0) is 10.3 Å². The van der Waals surface area contributed by atoms with E-state index in [1.165, 1.54) is 0 Å². The number of nitrogens with zero attached hydrogens (tertiary/aromatic N) is 1. The second kappa shape index (κ2) is 3.34. The van der Waals surface area contributed by atoms with E-state index in [4.69, 9.17) is 0 Å². The van der Waals surface area contributed by atoms with E-state index >= 15 is 0 Å². The summed E-state index contributed by atoms with van der Waals surface area (Å²) in [4.78, 5) is 23.2. The Labute approximate surface area is 95.6 Å². The first-order valence-electron chi connectivity index (χ1n) is 4.44. The number of carbonyl (C=O) groups excluding carboxylic acids is 2. The number of carbonyl (C=O) groups is 2. The van der Waals surface area contributed by atoms with E-state index in [-0.39, 0.29) is 5.91 Å². The highest BCUT2D eigenvalue weighted by Gasteiger charge is 2.48. The molecule has 1 fully saturated rings. The monoisotopic (exact) mass is 268 g/mol. The summed E-state index contributed by atoms with van der Waals surface area (Å²) in [5.74, 6) is -0.307. The zero-order valence-electron chi connectivity index (χ0n) is 8.03. The van der Waals surface area contributed by atoms with Crippen molar-refractivity contribution in [2.24, 2.45) is 0 Å². The maximum atomic E-state index is 11.8. The number of amides is 3. The van der Waals surface area contributed by atoms with Crippen molar-refractivity contribution >= 4 is 28.1 Å². The van der Waals surface area contributed by atoms with Gasteiger partial charge in [-0.15, -0.1) is 0 Å². The maximum Gasteiger partial charge on any atom is 0.335 e. The van der Waals surface area contributed by atoms with Gasteiger partial charge in [0.15, 0.2) is 0 Å². The van der Waals surface area contributed by atoms with Crippen LogP contribution in [0.15, 0.2) is 30.3 Å². The zero-order chi connectivity index (χ0) is 11.1. The molecule has 1 aromatic rings. The van der Waals surface area contributed by atoms with Crippen LogP contribution in [0, 0.1) is 0 Å². The first-order chi connectivity index (χ1) is 7.05. The lowest BCUT2D eigenvalue weighted by Crippen LogP contribution is -2.40. The Morgan fingerprint density at radius 3 is 2.33 bits per heavy atom. The van der Waals surface area contributed by atoms with Gasteiger partial charge < -0.3 is 5.32 Å². The van der Waals surface area contributed by atoms with E-state index in [1.807, 2.05) is 30.3 Å². The molecule has 1 aliphatic heterocycles. The molecule has 78 valence electrons. The molecule has 2 rings (SSSR count). The quantitative estimate of drug-likeness (QED) is 0.624. The number of hydrogen-bond donors (Lipinski definition) is 1. The summed E-state index contributed by atoms with van der Waals surface area (Å²) >= 11 is 2.91. The zero-order valence-corrected chi connectivity index (χ0v) is 9.61. The highest BCUT2D eigenvalue weighted by molar-refractivity contribution is 9.08. The Bertz CT molecular complexity index is 421. The number of nitrogens with one attached hydrogen (secondary N) is 1. The predicted octanol–water partition coefficient (Wildman–Crippen LogP) is 1.76. The molecule has 0 bridgehead atoms. The fourth-order valence-corrected chi connectivity index (χ4v) is 2.02. The largest absolute Gasteiger partial charge is 0.335 e. The molecule has 0 spiro atoms. The standard InChI is InChI=1S/C10H9BrN2O2/c1-10(7-5-3-2-4-6-7)8(14)13(11)9(15)12-10/h2-6H,1H3,(H,12,15)/t10-/m0/s1. The van der Waals surface area contributed by atoms with Gasteiger partial charge in [-0.1, -0.05) is 30.3 Å². The van der Waals surface area contributed by atoms with Crippen molar-refractivity contribution in [3.8, 4) is 0 Å². The molecule has 0 saturated carbocycles. The maximum absolute atomic E-state index is 11.8. The molecule has 4 nitrogen and oxygen atoms in total. The third-order valence-electron chi connectivity index (χ3n) is 2.49. The molecule has 1 heterocycles. The Kier molecular flexibility index (Phi) is 2.26. The SMILES string of the molecule is C[C@@]1(c2ccccc2)NC(=O)N(Br)C1=O. The van der Waals surface area contributed by atoms with Gasteiger partial charge >= 0.3 is 6.03 Å². The average Bonchev–Trinajstić information content (AvgIpc) is 2.45. The van der Waals surface area contributed by atoms with Crippen LogP contribution in [0.25, 0.3) is 0 Å². The number of imide groups is 1. The molecular formula is C10H9BrN2O2. The molecular weight excluding hydrogens is 260 g/mol. The Balaban J connectivity index is 2.45. The average molecular weight is 269 g/mol. The van der Waals surface area contributed by atoms with Crippen LogP contribution in [-0.4, -0.2) is 15.9 Å².